The first kappa shape index (κ1) is 22.5. The summed E-state index contributed by atoms with van der Waals surface area (Å²) in [4.78, 5) is 17.1. The number of pyridine rings is 1. The Bertz CT molecular complexity index is 1000. The first-order valence-electron chi connectivity index (χ1n) is 9.74. The van der Waals surface area contributed by atoms with Crippen LogP contribution in [0.5, 0.6) is 0 Å². The van der Waals surface area contributed by atoms with Gasteiger partial charge >= 0.3 is 6.18 Å². The molecule has 0 saturated carbocycles. The van der Waals surface area contributed by atoms with Crippen LogP contribution in [0.1, 0.15) is 46.9 Å². The van der Waals surface area contributed by atoms with Gasteiger partial charge in [0.05, 0.1) is 24.1 Å². The minimum absolute atomic E-state index is 0.0428. The van der Waals surface area contributed by atoms with Crippen molar-refractivity contribution in [1.82, 2.24) is 20.1 Å². The summed E-state index contributed by atoms with van der Waals surface area (Å²) >= 11 is 0. The van der Waals surface area contributed by atoms with E-state index < -0.39 is 12.8 Å². The van der Waals surface area contributed by atoms with Crippen molar-refractivity contribution >= 4 is 5.91 Å². The van der Waals surface area contributed by atoms with Gasteiger partial charge in [-0.05, 0) is 29.2 Å². The van der Waals surface area contributed by atoms with Gasteiger partial charge < -0.3 is 10.1 Å². The maximum absolute atomic E-state index is 12.8. The van der Waals surface area contributed by atoms with Gasteiger partial charge in [-0.15, -0.1) is 0 Å². The molecule has 0 aliphatic rings. The van der Waals surface area contributed by atoms with E-state index in [1.165, 1.54) is 6.20 Å². The molecular formula is C22H23F3N4O2. The lowest BCUT2D eigenvalue weighted by molar-refractivity contribution is -0.176. The number of carbonyl (C=O) groups excluding carboxylic acids is 1. The summed E-state index contributed by atoms with van der Waals surface area (Å²) in [5.41, 5.74) is 2.67. The molecule has 1 amide bonds. The number of benzene rings is 1. The summed E-state index contributed by atoms with van der Waals surface area (Å²) in [6.45, 7) is 2.82. The monoisotopic (exact) mass is 432 g/mol. The summed E-state index contributed by atoms with van der Waals surface area (Å²) in [6, 6.07) is 12.3. The molecule has 9 heteroatoms. The topological polar surface area (TPSA) is 69.0 Å². The van der Waals surface area contributed by atoms with Gasteiger partial charge in [0.15, 0.2) is 5.82 Å². The Hall–Kier alpha value is -3.20. The second-order valence-corrected chi connectivity index (χ2v) is 7.31. The molecular weight excluding hydrogens is 409 g/mol. The van der Waals surface area contributed by atoms with Crippen molar-refractivity contribution in [1.29, 1.82) is 0 Å². The van der Waals surface area contributed by atoms with Crippen molar-refractivity contribution in [2.75, 3.05) is 6.61 Å². The second kappa shape index (κ2) is 9.74. The molecule has 164 valence electrons. The van der Waals surface area contributed by atoms with Crippen LogP contribution in [-0.4, -0.2) is 33.5 Å². The fourth-order valence-electron chi connectivity index (χ4n) is 3.07. The maximum atomic E-state index is 12.8. The molecule has 0 bridgehead atoms. The van der Waals surface area contributed by atoms with Gasteiger partial charge in [0.2, 0.25) is 0 Å². The van der Waals surface area contributed by atoms with Crippen LogP contribution < -0.4 is 5.32 Å². The standard InChI is InChI=1S/C22H23F3N4O2/c1-15(2)20-18(12-28-29(20)19-5-3-4-10-26-19)21(30)27-11-16-6-8-17(9-7-16)13-31-14-22(23,24)25/h3-10,12,15H,11,13-14H2,1-2H3,(H,27,30). The van der Waals surface area contributed by atoms with Gasteiger partial charge in [-0.1, -0.05) is 44.2 Å². The first-order valence-corrected chi connectivity index (χ1v) is 9.74. The molecule has 2 heterocycles. The number of ether oxygens (including phenoxy) is 1. The van der Waals surface area contributed by atoms with Gasteiger partial charge in [0.1, 0.15) is 6.61 Å². The predicted molar refractivity (Wildman–Crippen MR) is 109 cm³/mol. The Kier molecular flexibility index (Phi) is 7.06. The third-order valence-electron chi connectivity index (χ3n) is 4.47. The minimum atomic E-state index is -4.34. The van der Waals surface area contributed by atoms with Crippen molar-refractivity contribution < 1.29 is 22.7 Å². The molecule has 0 radical (unpaired) electrons. The van der Waals surface area contributed by atoms with E-state index in [2.05, 4.69) is 20.1 Å². The minimum Gasteiger partial charge on any atom is -0.367 e. The number of alkyl halides is 3. The molecule has 1 aromatic carbocycles. The highest BCUT2D eigenvalue weighted by atomic mass is 19.4. The van der Waals surface area contributed by atoms with Crippen LogP contribution in [0.2, 0.25) is 0 Å². The summed E-state index contributed by atoms with van der Waals surface area (Å²) in [5, 5.41) is 7.21. The summed E-state index contributed by atoms with van der Waals surface area (Å²) in [5.74, 6) is 0.415. The van der Waals surface area contributed by atoms with Crippen LogP contribution in [0.3, 0.4) is 0 Å². The third-order valence-corrected chi connectivity index (χ3v) is 4.47. The van der Waals surface area contributed by atoms with E-state index in [0.29, 0.717) is 16.9 Å². The fourth-order valence-corrected chi connectivity index (χ4v) is 3.07. The quantitative estimate of drug-likeness (QED) is 0.573. The summed E-state index contributed by atoms with van der Waals surface area (Å²) < 4.78 is 42.7. The van der Waals surface area contributed by atoms with Crippen molar-refractivity contribution in [2.45, 2.75) is 39.1 Å². The van der Waals surface area contributed by atoms with Gasteiger partial charge in [0, 0.05) is 12.7 Å². The Morgan fingerprint density at radius 3 is 2.45 bits per heavy atom. The lowest BCUT2D eigenvalue weighted by Gasteiger charge is -2.12. The zero-order valence-corrected chi connectivity index (χ0v) is 17.2. The number of aromatic nitrogens is 3. The lowest BCUT2D eigenvalue weighted by Crippen LogP contribution is -2.24. The lowest BCUT2D eigenvalue weighted by atomic mass is 10.1. The van der Waals surface area contributed by atoms with Crippen molar-refractivity contribution in [3.8, 4) is 5.82 Å². The van der Waals surface area contributed by atoms with Crippen LogP contribution in [0.4, 0.5) is 13.2 Å². The van der Waals surface area contributed by atoms with Crippen LogP contribution in [0, 0.1) is 0 Å². The number of rotatable bonds is 8. The zero-order chi connectivity index (χ0) is 22.4. The molecule has 0 atom stereocenters. The molecule has 0 saturated heterocycles. The molecule has 2 aromatic heterocycles. The normalized spacial score (nSPS) is 11.7. The molecule has 0 unspecified atom stereocenters. The number of nitrogens with zero attached hydrogens (tertiary/aromatic N) is 3. The van der Waals surface area contributed by atoms with Crippen LogP contribution in [0.25, 0.3) is 5.82 Å². The van der Waals surface area contributed by atoms with E-state index in [9.17, 15) is 18.0 Å². The SMILES string of the molecule is CC(C)c1c(C(=O)NCc2ccc(COCC(F)(F)F)cc2)cnn1-c1ccccn1. The molecule has 3 aromatic rings. The predicted octanol–water partition coefficient (Wildman–Crippen LogP) is 4.40. The van der Waals surface area contributed by atoms with E-state index >= 15 is 0 Å². The van der Waals surface area contributed by atoms with Crippen molar-refractivity contribution in [3.63, 3.8) is 0 Å². The Morgan fingerprint density at radius 2 is 1.84 bits per heavy atom. The van der Waals surface area contributed by atoms with Gasteiger partial charge in [-0.2, -0.15) is 18.3 Å². The average molecular weight is 432 g/mol. The molecule has 31 heavy (non-hydrogen) atoms. The molecule has 1 N–H and O–H groups in total. The molecule has 3 rings (SSSR count). The number of carbonyl (C=O) groups is 1. The maximum Gasteiger partial charge on any atom is 0.411 e. The number of amides is 1. The molecule has 0 aliphatic carbocycles. The number of nitrogens with one attached hydrogen (secondary N) is 1. The highest BCUT2D eigenvalue weighted by Crippen LogP contribution is 2.22. The van der Waals surface area contributed by atoms with Crippen LogP contribution in [0.15, 0.2) is 54.9 Å². The molecule has 6 nitrogen and oxygen atoms in total. The Labute approximate surface area is 178 Å². The smallest absolute Gasteiger partial charge is 0.367 e. The second-order valence-electron chi connectivity index (χ2n) is 7.31. The Balaban J connectivity index is 1.63. The Morgan fingerprint density at radius 1 is 1.13 bits per heavy atom. The fraction of sp³-hybridized carbons (Fsp3) is 0.318. The summed E-state index contributed by atoms with van der Waals surface area (Å²) in [7, 11) is 0. The van der Waals surface area contributed by atoms with Crippen LogP contribution >= 0.6 is 0 Å². The molecule has 0 fully saturated rings. The van der Waals surface area contributed by atoms with E-state index in [4.69, 9.17) is 0 Å². The van der Waals surface area contributed by atoms with Gasteiger partial charge in [-0.3, -0.25) is 4.79 Å². The zero-order valence-electron chi connectivity index (χ0n) is 17.2. The van der Waals surface area contributed by atoms with Crippen molar-refractivity contribution in [3.05, 3.63) is 77.2 Å². The van der Waals surface area contributed by atoms with Crippen LogP contribution in [-0.2, 0) is 17.9 Å². The number of hydrogen-bond donors (Lipinski definition) is 1. The largest absolute Gasteiger partial charge is 0.411 e. The highest BCUT2D eigenvalue weighted by molar-refractivity contribution is 5.95. The molecule has 0 spiro atoms. The van der Waals surface area contributed by atoms with E-state index in [-0.39, 0.29) is 25.0 Å². The van der Waals surface area contributed by atoms with E-state index in [1.807, 2.05) is 32.0 Å². The van der Waals surface area contributed by atoms with E-state index in [0.717, 1.165) is 11.3 Å². The van der Waals surface area contributed by atoms with Gasteiger partial charge in [-0.25, -0.2) is 9.67 Å². The van der Waals surface area contributed by atoms with Gasteiger partial charge in [0.25, 0.3) is 5.91 Å². The first-order chi connectivity index (χ1) is 14.7. The number of halogens is 3. The highest BCUT2D eigenvalue weighted by Gasteiger charge is 2.27. The third kappa shape index (κ3) is 6.14. The van der Waals surface area contributed by atoms with E-state index in [1.54, 1.807) is 35.1 Å². The number of hydrogen-bond acceptors (Lipinski definition) is 4. The van der Waals surface area contributed by atoms with Crippen molar-refractivity contribution in [2.24, 2.45) is 0 Å². The molecule has 0 aliphatic heterocycles. The average Bonchev–Trinajstić information content (AvgIpc) is 3.18. The summed E-state index contributed by atoms with van der Waals surface area (Å²) in [6.07, 6.45) is -1.15.